The minimum atomic E-state index is -0.128. The predicted octanol–water partition coefficient (Wildman–Crippen LogP) is 2.45. The molecule has 0 saturated heterocycles. The third kappa shape index (κ3) is 2.27. The summed E-state index contributed by atoms with van der Waals surface area (Å²) in [4.78, 5) is 11.5. The number of nitrogens with zero attached hydrogens (tertiary/aromatic N) is 2. The number of hydrogen-bond acceptors (Lipinski definition) is 2. The number of aromatic amines is 1. The molecule has 1 aliphatic rings. The van der Waals surface area contributed by atoms with E-state index in [0.29, 0.717) is 16.9 Å². The molecule has 2 rings (SSSR count). The number of hydrogen-bond donors (Lipinski definition) is 1. The summed E-state index contributed by atoms with van der Waals surface area (Å²) in [5.41, 5.74) is 0.807. The Morgan fingerprint density at radius 1 is 1.50 bits per heavy atom. The normalized spacial score (nSPS) is 17.9. The lowest BCUT2D eigenvalue weighted by atomic mass is 10.2. The predicted molar refractivity (Wildman–Crippen MR) is 64.4 cm³/mol. The highest BCUT2D eigenvalue weighted by Gasteiger charge is 2.28. The van der Waals surface area contributed by atoms with Crippen LogP contribution in [0.2, 0.25) is 0 Å². The molecule has 5 heteroatoms. The summed E-state index contributed by atoms with van der Waals surface area (Å²) in [5, 5.41) is 7.23. The van der Waals surface area contributed by atoms with Gasteiger partial charge >= 0.3 is 5.69 Å². The van der Waals surface area contributed by atoms with E-state index in [-0.39, 0.29) is 5.69 Å². The molecule has 4 nitrogen and oxygen atoms in total. The third-order valence-electron chi connectivity index (χ3n) is 2.53. The highest BCUT2D eigenvalue weighted by Crippen LogP contribution is 2.35. The molecular weight excluding hydrogens is 226 g/mol. The van der Waals surface area contributed by atoms with Gasteiger partial charge in [-0.25, -0.2) is 9.89 Å². The molecule has 0 spiro atoms. The number of H-pyrrole nitrogens is 1. The molecule has 0 bridgehead atoms. The highest BCUT2D eigenvalue weighted by molar-refractivity contribution is 6.29. The zero-order valence-electron chi connectivity index (χ0n) is 9.33. The Morgan fingerprint density at radius 3 is 2.75 bits per heavy atom. The Hall–Kier alpha value is -1.29. The van der Waals surface area contributed by atoms with Crippen LogP contribution in [0.5, 0.6) is 0 Å². The van der Waals surface area contributed by atoms with Crippen LogP contribution in [0.3, 0.4) is 0 Å². The van der Waals surface area contributed by atoms with Gasteiger partial charge in [-0.05, 0) is 38.3 Å². The van der Waals surface area contributed by atoms with Crippen molar-refractivity contribution in [1.82, 2.24) is 14.8 Å². The molecule has 16 heavy (non-hydrogen) atoms. The summed E-state index contributed by atoms with van der Waals surface area (Å²) in [7, 11) is 0. The van der Waals surface area contributed by atoms with Crippen molar-refractivity contribution in [3.63, 3.8) is 0 Å². The van der Waals surface area contributed by atoms with E-state index in [0.717, 1.165) is 18.4 Å². The largest absolute Gasteiger partial charge is 0.343 e. The standard InChI is InChI=1S/C11H14ClN3O/c1-7(3-4-8(2)12)10-13-14-11(16)15(10)9-5-6-9/h3-4,9H,5-6H2,1-2H3,(H,14,16)/b7-3+,8-4+. The molecule has 0 aromatic carbocycles. The highest BCUT2D eigenvalue weighted by atomic mass is 35.5. The summed E-state index contributed by atoms with van der Waals surface area (Å²) in [6, 6.07) is 0.325. The van der Waals surface area contributed by atoms with Gasteiger partial charge in [-0.2, -0.15) is 5.10 Å². The molecule has 1 N–H and O–H groups in total. The quantitative estimate of drug-likeness (QED) is 0.824. The van der Waals surface area contributed by atoms with Crippen LogP contribution in [0.15, 0.2) is 22.0 Å². The smallest absolute Gasteiger partial charge is 0.272 e. The van der Waals surface area contributed by atoms with Gasteiger partial charge in [-0.15, -0.1) is 0 Å². The minimum Gasteiger partial charge on any atom is -0.272 e. The average molecular weight is 240 g/mol. The van der Waals surface area contributed by atoms with Gasteiger partial charge < -0.3 is 0 Å². The second-order valence-electron chi connectivity index (χ2n) is 4.06. The van der Waals surface area contributed by atoms with Crippen molar-refractivity contribution < 1.29 is 0 Å². The first-order valence-corrected chi connectivity index (χ1v) is 5.65. The van der Waals surface area contributed by atoms with Crippen molar-refractivity contribution in [1.29, 1.82) is 0 Å². The van der Waals surface area contributed by atoms with Gasteiger partial charge in [0.1, 0.15) is 0 Å². The van der Waals surface area contributed by atoms with Crippen LogP contribution in [0.25, 0.3) is 5.57 Å². The average Bonchev–Trinajstić information content (AvgIpc) is 2.99. The molecule has 1 aromatic rings. The molecule has 1 saturated carbocycles. The molecular formula is C11H14ClN3O. The van der Waals surface area contributed by atoms with E-state index in [1.165, 1.54) is 0 Å². The SMILES string of the molecule is C/C(Cl)=C\C=C(/C)c1n[nH]c(=O)n1C1CC1. The molecule has 0 atom stereocenters. The van der Waals surface area contributed by atoms with E-state index in [4.69, 9.17) is 11.6 Å². The summed E-state index contributed by atoms with van der Waals surface area (Å²) >= 11 is 5.75. The van der Waals surface area contributed by atoms with E-state index in [1.807, 2.05) is 19.9 Å². The van der Waals surface area contributed by atoms with Crippen molar-refractivity contribution in [2.24, 2.45) is 0 Å². The second-order valence-corrected chi connectivity index (χ2v) is 4.65. The molecule has 1 fully saturated rings. The van der Waals surface area contributed by atoms with Crippen LogP contribution in [-0.4, -0.2) is 14.8 Å². The Kier molecular flexibility index (Phi) is 3.01. The van der Waals surface area contributed by atoms with Crippen LogP contribution < -0.4 is 5.69 Å². The van der Waals surface area contributed by atoms with E-state index in [2.05, 4.69) is 10.2 Å². The van der Waals surface area contributed by atoms with Gasteiger partial charge in [0.05, 0.1) is 0 Å². The van der Waals surface area contributed by atoms with Crippen molar-refractivity contribution in [2.45, 2.75) is 32.7 Å². The molecule has 0 unspecified atom stereocenters. The lowest BCUT2D eigenvalue weighted by molar-refractivity contribution is 0.699. The van der Waals surface area contributed by atoms with Gasteiger partial charge in [-0.1, -0.05) is 17.7 Å². The number of aromatic nitrogens is 3. The van der Waals surface area contributed by atoms with E-state index in [1.54, 1.807) is 10.6 Å². The van der Waals surface area contributed by atoms with E-state index < -0.39 is 0 Å². The molecule has 0 aliphatic heterocycles. The molecule has 0 radical (unpaired) electrons. The maximum atomic E-state index is 11.5. The van der Waals surface area contributed by atoms with E-state index in [9.17, 15) is 4.79 Å². The van der Waals surface area contributed by atoms with Crippen molar-refractivity contribution in [2.75, 3.05) is 0 Å². The third-order valence-corrected chi connectivity index (χ3v) is 2.66. The maximum absolute atomic E-state index is 11.5. The van der Waals surface area contributed by atoms with Crippen LogP contribution in [0, 0.1) is 0 Å². The van der Waals surface area contributed by atoms with Crippen LogP contribution >= 0.6 is 11.6 Å². The summed E-state index contributed by atoms with van der Waals surface area (Å²) in [6.45, 7) is 3.73. The summed E-state index contributed by atoms with van der Waals surface area (Å²) < 4.78 is 1.73. The first kappa shape index (κ1) is 11.2. The fourth-order valence-corrected chi connectivity index (χ4v) is 1.63. The van der Waals surface area contributed by atoms with Gasteiger partial charge in [0.2, 0.25) is 0 Å². The van der Waals surface area contributed by atoms with Crippen LogP contribution in [-0.2, 0) is 0 Å². The number of nitrogens with one attached hydrogen (secondary N) is 1. The lowest BCUT2D eigenvalue weighted by Gasteiger charge is -2.02. The van der Waals surface area contributed by atoms with Gasteiger partial charge in [0, 0.05) is 11.1 Å². The Labute approximate surface area is 98.6 Å². The Morgan fingerprint density at radius 2 is 2.19 bits per heavy atom. The second kappa shape index (κ2) is 4.29. The zero-order chi connectivity index (χ0) is 11.7. The summed E-state index contributed by atoms with van der Waals surface area (Å²) in [6.07, 6.45) is 5.79. The molecule has 86 valence electrons. The molecule has 1 aliphatic carbocycles. The fourth-order valence-electron chi connectivity index (χ4n) is 1.57. The number of rotatable bonds is 3. The monoisotopic (exact) mass is 239 g/mol. The zero-order valence-corrected chi connectivity index (χ0v) is 10.1. The molecule has 0 amide bonds. The van der Waals surface area contributed by atoms with Crippen LogP contribution in [0.4, 0.5) is 0 Å². The molecule has 1 heterocycles. The number of allylic oxidation sites excluding steroid dienone is 4. The topological polar surface area (TPSA) is 50.7 Å². The Bertz CT molecular complexity index is 502. The van der Waals surface area contributed by atoms with Gasteiger partial charge in [0.15, 0.2) is 5.82 Å². The first-order valence-electron chi connectivity index (χ1n) is 5.27. The van der Waals surface area contributed by atoms with Crippen molar-refractivity contribution in [3.05, 3.63) is 33.5 Å². The first-order chi connectivity index (χ1) is 7.59. The lowest BCUT2D eigenvalue weighted by Crippen LogP contribution is -2.17. The molecule has 1 aromatic heterocycles. The number of halogens is 1. The Balaban J connectivity index is 2.36. The fraction of sp³-hybridized carbons (Fsp3) is 0.455. The van der Waals surface area contributed by atoms with Gasteiger partial charge in [0.25, 0.3) is 0 Å². The van der Waals surface area contributed by atoms with Gasteiger partial charge in [-0.3, -0.25) is 4.57 Å². The van der Waals surface area contributed by atoms with Crippen molar-refractivity contribution in [3.8, 4) is 0 Å². The van der Waals surface area contributed by atoms with Crippen LogP contribution in [0.1, 0.15) is 38.6 Å². The minimum absolute atomic E-state index is 0.128. The van der Waals surface area contributed by atoms with Crippen molar-refractivity contribution >= 4 is 17.2 Å². The summed E-state index contributed by atoms with van der Waals surface area (Å²) in [5.74, 6) is 0.710. The maximum Gasteiger partial charge on any atom is 0.343 e. The van der Waals surface area contributed by atoms with E-state index >= 15 is 0 Å².